The largest absolute Gasteiger partial charge is 0.0725 e. The van der Waals surface area contributed by atoms with Crippen molar-refractivity contribution in [1.82, 2.24) is 0 Å². The first-order valence-corrected chi connectivity index (χ1v) is 11.3. The summed E-state index contributed by atoms with van der Waals surface area (Å²) in [7, 11) is 0. The first kappa shape index (κ1) is 17.7. The van der Waals surface area contributed by atoms with Crippen LogP contribution in [-0.2, 0) is 5.41 Å². The summed E-state index contributed by atoms with van der Waals surface area (Å²) in [6, 6.07) is 42.8. The molecule has 0 nitrogen and oxygen atoms in total. The molecule has 0 radical (unpaired) electrons. The van der Waals surface area contributed by atoms with Crippen LogP contribution in [0.1, 0.15) is 27.8 Å². The van der Waals surface area contributed by atoms with E-state index in [0.717, 1.165) is 0 Å². The molecule has 150 valence electrons. The summed E-state index contributed by atoms with van der Waals surface area (Å²) < 4.78 is 0. The van der Waals surface area contributed by atoms with Crippen molar-refractivity contribution in [2.45, 2.75) is 12.3 Å². The van der Waals surface area contributed by atoms with Gasteiger partial charge in [-0.15, -0.1) is 0 Å². The monoisotopic (exact) mass is 406 g/mol. The lowest BCUT2D eigenvalue weighted by Gasteiger charge is -2.35. The molecule has 7 rings (SSSR count). The van der Waals surface area contributed by atoms with Crippen LogP contribution in [0.15, 0.2) is 115 Å². The van der Waals surface area contributed by atoms with Gasteiger partial charge in [-0.3, -0.25) is 0 Å². The van der Waals surface area contributed by atoms with E-state index in [1.165, 1.54) is 61.2 Å². The van der Waals surface area contributed by atoms with E-state index in [9.17, 15) is 0 Å². The molecule has 0 N–H and O–H groups in total. The molecule has 0 atom stereocenters. The summed E-state index contributed by atoms with van der Waals surface area (Å²) in [4.78, 5) is 0. The zero-order valence-electron chi connectivity index (χ0n) is 18.0. The van der Waals surface area contributed by atoms with Gasteiger partial charge >= 0.3 is 0 Å². The Morgan fingerprint density at radius 3 is 1.34 bits per heavy atom. The van der Waals surface area contributed by atoms with E-state index in [4.69, 9.17) is 0 Å². The molecule has 0 unspecified atom stereocenters. The summed E-state index contributed by atoms with van der Waals surface area (Å²) in [6.07, 6.45) is 0. The van der Waals surface area contributed by atoms with Crippen LogP contribution in [0.3, 0.4) is 0 Å². The van der Waals surface area contributed by atoms with Crippen LogP contribution in [0.5, 0.6) is 0 Å². The maximum absolute atomic E-state index is 2.35. The predicted molar refractivity (Wildman–Crippen MR) is 133 cm³/mol. The lowest BCUT2D eigenvalue weighted by Crippen LogP contribution is -2.29. The maximum atomic E-state index is 2.35. The molecule has 0 saturated carbocycles. The fourth-order valence-electron chi connectivity index (χ4n) is 6.28. The van der Waals surface area contributed by atoms with Crippen molar-refractivity contribution in [2.75, 3.05) is 0 Å². The SMILES string of the molecule is Cc1cccc2c1-c1ccccc1C21c2ccccc2-c2ccccc2-c2ccccc21. The van der Waals surface area contributed by atoms with Gasteiger partial charge in [0, 0.05) is 0 Å². The van der Waals surface area contributed by atoms with Gasteiger partial charge in [-0.25, -0.2) is 0 Å². The van der Waals surface area contributed by atoms with E-state index >= 15 is 0 Å². The fourth-order valence-corrected chi connectivity index (χ4v) is 6.28. The highest BCUT2D eigenvalue weighted by Gasteiger charge is 2.49. The number of rotatable bonds is 0. The van der Waals surface area contributed by atoms with E-state index in [-0.39, 0.29) is 5.41 Å². The normalized spacial score (nSPS) is 14.0. The molecule has 0 bridgehead atoms. The second kappa shape index (κ2) is 6.31. The predicted octanol–water partition coefficient (Wildman–Crippen LogP) is 8.01. The molecule has 0 heterocycles. The van der Waals surface area contributed by atoms with Crippen LogP contribution in [0.4, 0.5) is 0 Å². The Kier molecular flexibility index (Phi) is 3.50. The van der Waals surface area contributed by atoms with Crippen LogP contribution < -0.4 is 0 Å². The van der Waals surface area contributed by atoms with Crippen molar-refractivity contribution in [1.29, 1.82) is 0 Å². The highest BCUT2D eigenvalue weighted by molar-refractivity contribution is 5.97. The van der Waals surface area contributed by atoms with E-state index in [1.807, 2.05) is 0 Å². The molecule has 0 amide bonds. The molecule has 1 spiro atoms. The van der Waals surface area contributed by atoms with Crippen molar-refractivity contribution in [2.24, 2.45) is 0 Å². The summed E-state index contributed by atoms with van der Waals surface area (Å²) in [5, 5.41) is 0. The van der Waals surface area contributed by atoms with Gasteiger partial charge in [0.05, 0.1) is 5.41 Å². The lowest BCUT2D eigenvalue weighted by molar-refractivity contribution is 0.775. The quantitative estimate of drug-likeness (QED) is 0.239. The van der Waals surface area contributed by atoms with Gasteiger partial charge in [-0.2, -0.15) is 0 Å². The second-order valence-electron chi connectivity index (χ2n) is 8.93. The molecular formula is C32H22. The molecular weight excluding hydrogens is 384 g/mol. The van der Waals surface area contributed by atoms with Crippen LogP contribution in [-0.4, -0.2) is 0 Å². The van der Waals surface area contributed by atoms with Crippen LogP contribution in [0.25, 0.3) is 33.4 Å². The standard InChI is InChI=1S/C32H22/c1-21-11-10-20-30-31(21)26-16-6-9-19-29(26)32(30)27-17-7-4-14-24(27)22-12-2-3-13-23(22)25-15-5-8-18-28(25)32/h2-20H,1H3. The van der Waals surface area contributed by atoms with Crippen molar-refractivity contribution in [3.8, 4) is 33.4 Å². The van der Waals surface area contributed by atoms with Gasteiger partial charge in [-0.05, 0) is 68.1 Å². The van der Waals surface area contributed by atoms with Gasteiger partial charge in [-0.1, -0.05) is 115 Å². The fraction of sp³-hybridized carbons (Fsp3) is 0.0625. The Morgan fingerprint density at radius 1 is 0.375 bits per heavy atom. The highest BCUT2D eigenvalue weighted by atomic mass is 14.5. The summed E-state index contributed by atoms with van der Waals surface area (Å²) in [5.41, 5.74) is 14.5. The van der Waals surface area contributed by atoms with E-state index < -0.39 is 0 Å². The smallest absolute Gasteiger partial charge is 0.0619 e. The maximum Gasteiger partial charge on any atom is 0.0725 e. The molecule has 32 heavy (non-hydrogen) atoms. The van der Waals surface area contributed by atoms with E-state index in [1.54, 1.807) is 0 Å². The molecule has 2 aliphatic carbocycles. The van der Waals surface area contributed by atoms with Gasteiger partial charge in [0.25, 0.3) is 0 Å². The number of fused-ring (bicyclic) bond motifs is 12. The minimum Gasteiger partial charge on any atom is -0.0619 e. The average molecular weight is 407 g/mol. The molecule has 0 aromatic heterocycles. The minimum absolute atomic E-state index is 0.343. The van der Waals surface area contributed by atoms with Crippen LogP contribution >= 0.6 is 0 Å². The van der Waals surface area contributed by atoms with Gasteiger partial charge < -0.3 is 0 Å². The van der Waals surface area contributed by atoms with E-state index in [0.29, 0.717) is 0 Å². The molecule has 0 aliphatic heterocycles. The number of hydrogen-bond donors (Lipinski definition) is 0. The zero-order chi connectivity index (χ0) is 21.3. The Balaban J connectivity index is 1.79. The zero-order valence-corrected chi connectivity index (χ0v) is 18.0. The number of aryl methyl sites for hydroxylation is 1. The molecule has 0 saturated heterocycles. The Hall–Kier alpha value is -3.90. The first-order chi connectivity index (χ1) is 15.8. The third-order valence-electron chi connectivity index (χ3n) is 7.45. The Labute approximate surface area is 188 Å². The van der Waals surface area contributed by atoms with Crippen molar-refractivity contribution in [3.63, 3.8) is 0 Å². The highest BCUT2D eigenvalue weighted by Crippen LogP contribution is 2.61. The minimum atomic E-state index is -0.343. The van der Waals surface area contributed by atoms with Crippen molar-refractivity contribution >= 4 is 0 Å². The Bertz CT molecular complexity index is 1470. The summed E-state index contributed by atoms with van der Waals surface area (Å²) >= 11 is 0. The average Bonchev–Trinajstić information content (AvgIpc) is 3.10. The number of benzene rings is 5. The first-order valence-electron chi connectivity index (χ1n) is 11.3. The van der Waals surface area contributed by atoms with Crippen molar-refractivity contribution in [3.05, 3.63) is 143 Å². The summed E-state index contributed by atoms with van der Waals surface area (Å²) in [5.74, 6) is 0. The van der Waals surface area contributed by atoms with Crippen LogP contribution in [0, 0.1) is 6.92 Å². The molecule has 0 heteroatoms. The topological polar surface area (TPSA) is 0 Å². The molecule has 5 aromatic carbocycles. The van der Waals surface area contributed by atoms with E-state index in [2.05, 4.69) is 122 Å². The van der Waals surface area contributed by atoms with Gasteiger partial charge in [0.2, 0.25) is 0 Å². The van der Waals surface area contributed by atoms with Gasteiger partial charge in [0.15, 0.2) is 0 Å². The molecule has 5 aromatic rings. The second-order valence-corrected chi connectivity index (χ2v) is 8.93. The molecule has 2 aliphatic rings. The number of hydrogen-bond acceptors (Lipinski definition) is 0. The lowest BCUT2D eigenvalue weighted by atomic mass is 9.66. The molecule has 0 fully saturated rings. The Morgan fingerprint density at radius 2 is 0.781 bits per heavy atom. The van der Waals surface area contributed by atoms with Crippen molar-refractivity contribution < 1.29 is 0 Å². The third-order valence-corrected chi connectivity index (χ3v) is 7.45. The third kappa shape index (κ3) is 2.03. The van der Waals surface area contributed by atoms with Gasteiger partial charge in [0.1, 0.15) is 0 Å². The summed E-state index contributed by atoms with van der Waals surface area (Å²) in [6.45, 7) is 2.25. The van der Waals surface area contributed by atoms with Crippen LogP contribution in [0.2, 0.25) is 0 Å².